The van der Waals surface area contributed by atoms with Gasteiger partial charge in [-0.15, -0.1) is 0 Å². The van der Waals surface area contributed by atoms with Gasteiger partial charge in [-0.1, -0.05) is 40.2 Å². The summed E-state index contributed by atoms with van der Waals surface area (Å²) >= 11 is 3.52. The van der Waals surface area contributed by atoms with E-state index in [2.05, 4.69) is 21.2 Å². The fraction of sp³-hybridized carbons (Fsp3) is 0.250. The van der Waals surface area contributed by atoms with Gasteiger partial charge in [0.05, 0.1) is 7.11 Å². The number of hydrogen-bond acceptors (Lipinski definition) is 3. The van der Waals surface area contributed by atoms with E-state index in [-0.39, 0.29) is 0 Å². The number of hydrogen-bond donors (Lipinski definition) is 1. The van der Waals surface area contributed by atoms with Gasteiger partial charge in [0, 0.05) is 16.6 Å². The van der Waals surface area contributed by atoms with E-state index in [1.807, 2.05) is 49.5 Å². The molecule has 0 radical (unpaired) electrons. The summed E-state index contributed by atoms with van der Waals surface area (Å²) in [5, 5.41) is 3.13. The minimum Gasteiger partial charge on any atom is -0.493 e. The molecule has 2 rings (SSSR count). The Balaban J connectivity index is 2.15. The van der Waals surface area contributed by atoms with E-state index >= 15 is 0 Å². The Morgan fingerprint density at radius 2 is 1.90 bits per heavy atom. The van der Waals surface area contributed by atoms with Crippen LogP contribution in [0.5, 0.6) is 11.5 Å². The third kappa shape index (κ3) is 3.74. The largest absolute Gasteiger partial charge is 0.493 e. The van der Waals surface area contributed by atoms with Crippen molar-refractivity contribution in [3.8, 4) is 11.5 Å². The third-order valence-electron chi connectivity index (χ3n) is 2.95. The second kappa shape index (κ2) is 7.31. The van der Waals surface area contributed by atoms with Gasteiger partial charge >= 0.3 is 0 Å². The van der Waals surface area contributed by atoms with E-state index in [0.717, 1.165) is 33.6 Å². The summed E-state index contributed by atoms with van der Waals surface area (Å²) in [6.07, 6.45) is 0. The van der Waals surface area contributed by atoms with Gasteiger partial charge in [-0.25, -0.2) is 0 Å². The van der Waals surface area contributed by atoms with Crippen LogP contribution >= 0.6 is 15.9 Å². The standard InChI is InChI=1S/C16H18BrNO2/c1-18-10-12-7-8-15(19-2)16(9-12)20-11-13-5-3-4-6-14(13)17/h3-9,18H,10-11H2,1-2H3. The highest BCUT2D eigenvalue weighted by Crippen LogP contribution is 2.29. The van der Waals surface area contributed by atoms with Gasteiger partial charge in [-0.2, -0.15) is 0 Å². The Morgan fingerprint density at radius 1 is 1.10 bits per heavy atom. The predicted octanol–water partition coefficient (Wildman–Crippen LogP) is 3.76. The number of rotatable bonds is 6. The Kier molecular flexibility index (Phi) is 5.44. The summed E-state index contributed by atoms with van der Waals surface area (Å²) in [6, 6.07) is 14.0. The quantitative estimate of drug-likeness (QED) is 0.871. The topological polar surface area (TPSA) is 30.5 Å². The zero-order chi connectivity index (χ0) is 14.4. The summed E-state index contributed by atoms with van der Waals surface area (Å²) in [5.74, 6) is 1.51. The Bertz CT molecular complexity index is 572. The molecule has 0 atom stereocenters. The smallest absolute Gasteiger partial charge is 0.161 e. The molecular formula is C16H18BrNO2. The average Bonchev–Trinajstić information content (AvgIpc) is 2.47. The fourth-order valence-electron chi connectivity index (χ4n) is 1.92. The number of halogens is 1. The summed E-state index contributed by atoms with van der Waals surface area (Å²) < 4.78 is 12.3. The molecule has 106 valence electrons. The maximum atomic E-state index is 5.90. The van der Waals surface area contributed by atoms with Crippen LogP contribution in [0.15, 0.2) is 46.9 Å². The van der Waals surface area contributed by atoms with Gasteiger partial charge < -0.3 is 14.8 Å². The van der Waals surface area contributed by atoms with Crippen LogP contribution in [0.4, 0.5) is 0 Å². The third-order valence-corrected chi connectivity index (χ3v) is 3.72. The Labute approximate surface area is 128 Å². The minimum absolute atomic E-state index is 0.501. The van der Waals surface area contributed by atoms with E-state index in [0.29, 0.717) is 6.61 Å². The summed E-state index contributed by atoms with van der Waals surface area (Å²) in [5.41, 5.74) is 2.27. The first kappa shape index (κ1) is 14.9. The molecule has 0 spiro atoms. The van der Waals surface area contributed by atoms with E-state index in [1.54, 1.807) is 7.11 Å². The molecule has 0 saturated carbocycles. The van der Waals surface area contributed by atoms with Crippen molar-refractivity contribution in [2.45, 2.75) is 13.2 Å². The molecule has 2 aromatic rings. The fourth-order valence-corrected chi connectivity index (χ4v) is 2.32. The maximum Gasteiger partial charge on any atom is 0.161 e. The van der Waals surface area contributed by atoms with Crippen molar-refractivity contribution in [1.29, 1.82) is 0 Å². The molecule has 0 aliphatic heterocycles. The van der Waals surface area contributed by atoms with E-state index in [1.165, 1.54) is 0 Å². The molecule has 4 heteroatoms. The molecule has 0 unspecified atom stereocenters. The maximum absolute atomic E-state index is 5.90. The number of ether oxygens (including phenoxy) is 2. The van der Waals surface area contributed by atoms with Gasteiger partial charge in [-0.3, -0.25) is 0 Å². The highest BCUT2D eigenvalue weighted by atomic mass is 79.9. The molecule has 3 nitrogen and oxygen atoms in total. The lowest BCUT2D eigenvalue weighted by Gasteiger charge is -2.13. The zero-order valence-electron chi connectivity index (χ0n) is 11.7. The molecule has 1 N–H and O–H groups in total. The van der Waals surface area contributed by atoms with Gasteiger partial charge in [0.15, 0.2) is 11.5 Å². The van der Waals surface area contributed by atoms with Crippen molar-refractivity contribution in [3.05, 3.63) is 58.1 Å². The van der Waals surface area contributed by atoms with Crippen LogP contribution in [0.2, 0.25) is 0 Å². The highest BCUT2D eigenvalue weighted by molar-refractivity contribution is 9.10. The van der Waals surface area contributed by atoms with Crippen LogP contribution < -0.4 is 14.8 Å². The predicted molar refractivity (Wildman–Crippen MR) is 84.2 cm³/mol. The molecule has 0 heterocycles. The van der Waals surface area contributed by atoms with Crippen molar-refractivity contribution < 1.29 is 9.47 Å². The van der Waals surface area contributed by atoms with Crippen LogP contribution in [0, 0.1) is 0 Å². The van der Waals surface area contributed by atoms with Crippen molar-refractivity contribution in [2.24, 2.45) is 0 Å². The van der Waals surface area contributed by atoms with Crippen LogP contribution in [0.1, 0.15) is 11.1 Å². The molecular weight excluding hydrogens is 318 g/mol. The lowest BCUT2D eigenvalue weighted by atomic mass is 10.2. The van der Waals surface area contributed by atoms with E-state index in [4.69, 9.17) is 9.47 Å². The summed E-state index contributed by atoms with van der Waals surface area (Å²) in [7, 11) is 3.57. The monoisotopic (exact) mass is 335 g/mol. The van der Waals surface area contributed by atoms with Gasteiger partial charge in [0.2, 0.25) is 0 Å². The average molecular weight is 336 g/mol. The number of nitrogens with one attached hydrogen (secondary N) is 1. The molecule has 0 aliphatic rings. The molecule has 0 fully saturated rings. The van der Waals surface area contributed by atoms with Crippen LogP contribution in [0.25, 0.3) is 0 Å². The summed E-state index contributed by atoms with van der Waals surface area (Å²) in [4.78, 5) is 0. The van der Waals surface area contributed by atoms with Crippen molar-refractivity contribution in [2.75, 3.05) is 14.2 Å². The van der Waals surface area contributed by atoms with Gasteiger partial charge in [0.25, 0.3) is 0 Å². The van der Waals surface area contributed by atoms with Gasteiger partial charge in [0.1, 0.15) is 6.61 Å². The van der Waals surface area contributed by atoms with E-state index < -0.39 is 0 Å². The molecule has 0 saturated heterocycles. The Hall–Kier alpha value is -1.52. The minimum atomic E-state index is 0.501. The second-order valence-electron chi connectivity index (χ2n) is 4.40. The van der Waals surface area contributed by atoms with Crippen molar-refractivity contribution in [1.82, 2.24) is 5.32 Å². The SMILES string of the molecule is CNCc1ccc(OC)c(OCc2ccccc2Br)c1. The van der Waals surface area contributed by atoms with Crippen LogP contribution in [0.3, 0.4) is 0 Å². The molecule has 0 aliphatic carbocycles. The number of methoxy groups -OCH3 is 1. The lowest BCUT2D eigenvalue weighted by molar-refractivity contribution is 0.283. The first-order valence-corrected chi connectivity index (χ1v) is 7.21. The van der Waals surface area contributed by atoms with Crippen molar-refractivity contribution >= 4 is 15.9 Å². The molecule has 20 heavy (non-hydrogen) atoms. The normalized spacial score (nSPS) is 10.3. The van der Waals surface area contributed by atoms with E-state index in [9.17, 15) is 0 Å². The molecule has 2 aromatic carbocycles. The van der Waals surface area contributed by atoms with Crippen molar-refractivity contribution in [3.63, 3.8) is 0 Å². The first-order chi connectivity index (χ1) is 9.74. The Morgan fingerprint density at radius 3 is 2.60 bits per heavy atom. The van der Waals surface area contributed by atoms with Crippen LogP contribution in [-0.2, 0) is 13.2 Å². The molecule has 0 aromatic heterocycles. The molecule has 0 amide bonds. The lowest BCUT2D eigenvalue weighted by Crippen LogP contribution is -2.06. The zero-order valence-corrected chi connectivity index (χ0v) is 13.2. The van der Waals surface area contributed by atoms with Crippen LogP contribution in [-0.4, -0.2) is 14.2 Å². The second-order valence-corrected chi connectivity index (χ2v) is 5.25. The molecule has 0 bridgehead atoms. The summed E-state index contributed by atoms with van der Waals surface area (Å²) in [6.45, 7) is 1.30. The van der Waals surface area contributed by atoms with Gasteiger partial charge in [-0.05, 0) is 30.8 Å². The highest BCUT2D eigenvalue weighted by Gasteiger charge is 2.07. The number of benzene rings is 2. The first-order valence-electron chi connectivity index (χ1n) is 6.42.